The van der Waals surface area contributed by atoms with Crippen LogP contribution in [0.4, 0.5) is 0 Å². The van der Waals surface area contributed by atoms with E-state index in [1.807, 2.05) is 0 Å². The van der Waals surface area contributed by atoms with Crippen molar-refractivity contribution in [1.82, 2.24) is 10.4 Å². The van der Waals surface area contributed by atoms with Gasteiger partial charge in [0.1, 0.15) is 0 Å². The Hall–Kier alpha value is -0.160. The molecule has 0 bridgehead atoms. The van der Waals surface area contributed by atoms with Gasteiger partial charge in [-0.05, 0) is 12.8 Å². The summed E-state index contributed by atoms with van der Waals surface area (Å²) in [7, 11) is 0. The minimum Gasteiger partial charge on any atom is -0.379 e. The third-order valence-corrected chi connectivity index (χ3v) is 4.66. The molecule has 0 amide bonds. The van der Waals surface area contributed by atoms with Gasteiger partial charge < -0.3 is 9.47 Å². The van der Waals surface area contributed by atoms with Gasteiger partial charge in [-0.3, -0.25) is 5.43 Å². The maximum atomic E-state index is 5.93. The average molecular weight is 240 g/mol. The van der Waals surface area contributed by atoms with E-state index in [0.29, 0.717) is 18.1 Å². The number of rotatable bonds is 2. The number of ether oxygens (including phenoxy) is 2. The van der Waals surface area contributed by atoms with Crippen LogP contribution in [0.1, 0.15) is 26.7 Å². The molecule has 0 aromatic rings. The molecule has 3 unspecified atom stereocenters. The van der Waals surface area contributed by atoms with Crippen LogP contribution in [0.2, 0.25) is 0 Å². The van der Waals surface area contributed by atoms with Gasteiger partial charge in [-0.15, -0.1) is 0 Å². The van der Waals surface area contributed by atoms with Crippen molar-refractivity contribution in [3.63, 3.8) is 0 Å². The molecule has 1 aliphatic carbocycles. The smallest absolute Gasteiger partial charge is 0.0685 e. The summed E-state index contributed by atoms with van der Waals surface area (Å²) in [5.41, 5.74) is 3.99. The van der Waals surface area contributed by atoms with Crippen LogP contribution in [0, 0.1) is 11.3 Å². The molecule has 0 radical (unpaired) electrons. The zero-order chi connectivity index (χ0) is 11.9. The zero-order valence-corrected chi connectivity index (χ0v) is 10.9. The number of morpholine rings is 1. The van der Waals surface area contributed by atoms with E-state index in [1.54, 1.807) is 0 Å². The normalized spacial score (nSPS) is 41.6. The Morgan fingerprint density at radius 1 is 1.18 bits per heavy atom. The van der Waals surface area contributed by atoms with Gasteiger partial charge in [-0.2, -0.15) is 0 Å². The summed E-state index contributed by atoms with van der Waals surface area (Å²) in [4.78, 5) is 0. The predicted octanol–water partition coefficient (Wildman–Crippen LogP) is 1.03. The molecule has 3 aliphatic rings. The Balaban J connectivity index is 1.61. The van der Waals surface area contributed by atoms with Crippen molar-refractivity contribution in [3.05, 3.63) is 0 Å². The molecule has 0 spiro atoms. The lowest BCUT2D eigenvalue weighted by Crippen LogP contribution is -2.72. The molecule has 0 aromatic carbocycles. The maximum Gasteiger partial charge on any atom is 0.0685 e. The van der Waals surface area contributed by atoms with E-state index in [2.05, 4.69) is 24.3 Å². The lowest BCUT2D eigenvalue weighted by molar-refractivity contribution is -0.208. The van der Waals surface area contributed by atoms with Crippen LogP contribution >= 0.6 is 0 Å². The van der Waals surface area contributed by atoms with E-state index in [0.717, 1.165) is 32.9 Å². The van der Waals surface area contributed by atoms with Crippen LogP contribution in [0.15, 0.2) is 0 Å². The maximum absolute atomic E-state index is 5.93. The van der Waals surface area contributed by atoms with E-state index in [1.165, 1.54) is 12.8 Å². The van der Waals surface area contributed by atoms with Gasteiger partial charge in [0, 0.05) is 37.1 Å². The first-order valence-corrected chi connectivity index (χ1v) is 6.90. The Kier molecular flexibility index (Phi) is 3.15. The largest absolute Gasteiger partial charge is 0.379 e. The van der Waals surface area contributed by atoms with Gasteiger partial charge in [0.15, 0.2) is 0 Å². The van der Waals surface area contributed by atoms with Crippen molar-refractivity contribution >= 4 is 0 Å². The van der Waals surface area contributed by atoms with E-state index in [-0.39, 0.29) is 5.41 Å². The molecule has 2 saturated heterocycles. The molecule has 2 aliphatic heterocycles. The second-order valence-corrected chi connectivity index (χ2v) is 6.13. The van der Waals surface area contributed by atoms with Crippen LogP contribution in [-0.4, -0.2) is 50.1 Å². The summed E-state index contributed by atoms with van der Waals surface area (Å²) >= 11 is 0. The van der Waals surface area contributed by atoms with Crippen LogP contribution in [0.5, 0.6) is 0 Å². The highest BCUT2D eigenvalue weighted by molar-refractivity contribution is 5.09. The average Bonchev–Trinajstić information content (AvgIpc) is 2.37. The van der Waals surface area contributed by atoms with Crippen molar-refractivity contribution < 1.29 is 9.47 Å². The van der Waals surface area contributed by atoms with Crippen LogP contribution in [-0.2, 0) is 9.47 Å². The molecular formula is C13H24N2O2. The first kappa shape index (κ1) is 11.9. The summed E-state index contributed by atoms with van der Waals surface area (Å²) in [6, 6.07) is 0.575. The molecule has 17 heavy (non-hydrogen) atoms. The highest BCUT2D eigenvalue weighted by Gasteiger charge is 2.58. The van der Waals surface area contributed by atoms with Crippen molar-refractivity contribution in [1.29, 1.82) is 0 Å². The fraction of sp³-hybridized carbons (Fsp3) is 1.00. The minimum absolute atomic E-state index is 0.267. The summed E-state index contributed by atoms with van der Waals surface area (Å²) < 4.78 is 11.3. The third kappa shape index (κ3) is 2.01. The van der Waals surface area contributed by atoms with E-state index in [9.17, 15) is 0 Å². The van der Waals surface area contributed by atoms with Crippen LogP contribution in [0.25, 0.3) is 0 Å². The molecule has 1 saturated carbocycles. The standard InChI is InChI=1S/C13H24N2O2/c1-13(2)11(10-4-3-7-17-12(10)13)14-15-5-8-16-9-6-15/h10-12,14H,3-9H2,1-2H3. The van der Waals surface area contributed by atoms with Gasteiger partial charge in [-0.1, -0.05) is 13.8 Å². The van der Waals surface area contributed by atoms with Crippen LogP contribution in [0.3, 0.4) is 0 Å². The highest BCUT2D eigenvalue weighted by atomic mass is 16.5. The van der Waals surface area contributed by atoms with Gasteiger partial charge >= 0.3 is 0 Å². The van der Waals surface area contributed by atoms with Crippen LogP contribution < -0.4 is 5.43 Å². The van der Waals surface area contributed by atoms with E-state index in [4.69, 9.17) is 9.47 Å². The summed E-state index contributed by atoms with van der Waals surface area (Å²) in [5.74, 6) is 0.710. The second-order valence-electron chi connectivity index (χ2n) is 6.13. The summed E-state index contributed by atoms with van der Waals surface area (Å²) in [6.07, 6.45) is 3.00. The Morgan fingerprint density at radius 2 is 1.94 bits per heavy atom. The number of hydrogen-bond donors (Lipinski definition) is 1. The summed E-state index contributed by atoms with van der Waals surface area (Å²) in [5, 5.41) is 2.33. The van der Waals surface area contributed by atoms with Crippen molar-refractivity contribution in [2.45, 2.75) is 38.8 Å². The lowest BCUT2D eigenvalue weighted by Gasteiger charge is -2.61. The molecule has 4 nitrogen and oxygen atoms in total. The van der Waals surface area contributed by atoms with Crippen molar-refractivity contribution in [3.8, 4) is 0 Å². The Bertz CT molecular complexity index is 277. The van der Waals surface area contributed by atoms with Crippen molar-refractivity contribution in [2.75, 3.05) is 32.9 Å². The number of nitrogens with zero attached hydrogens (tertiary/aromatic N) is 1. The third-order valence-electron chi connectivity index (χ3n) is 4.66. The quantitative estimate of drug-likeness (QED) is 0.781. The summed E-state index contributed by atoms with van der Waals surface area (Å²) in [6.45, 7) is 9.33. The SMILES string of the molecule is CC1(C)C(NN2CCOCC2)C2CCCOC21. The van der Waals surface area contributed by atoms with Gasteiger partial charge in [-0.25, -0.2) is 5.01 Å². The monoisotopic (exact) mass is 240 g/mol. The molecule has 98 valence electrons. The number of hydrogen-bond acceptors (Lipinski definition) is 4. The first-order valence-electron chi connectivity index (χ1n) is 6.90. The fourth-order valence-corrected chi connectivity index (χ4v) is 3.67. The first-order chi connectivity index (χ1) is 8.19. The highest BCUT2D eigenvalue weighted by Crippen LogP contribution is 2.51. The minimum atomic E-state index is 0.267. The molecule has 0 aromatic heterocycles. The van der Waals surface area contributed by atoms with Gasteiger partial charge in [0.2, 0.25) is 0 Å². The molecular weight excluding hydrogens is 216 g/mol. The molecule has 1 N–H and O–H groups in total. The zero-order valence-electron chi connectivity index (χ0n) is 10.9. The van der Waals surface area contributed by atoms with Gasteiger partial charge in [0.05, 0.1) is 19.3 Å². The molecule has 3 atom stereocenters. The molecule has 3 rings (SSSR count). The van der Waals surface area contributed by atoms with Crippen molar-refractivity contribution in [2.24, 2.45) is 11.3 Å². The molecule has 3 fully saturated rings. The van der Waals surface area contributed by atoms with E-state index < -0.39 is 0 Å². The second kappa shape index (κ2) is 4.50. The number of fused-ring (bicyclic) bond motifs is 1. The number of hydrazine groups is 1. The fourth-order valence-electron chi connectivity index (χ4n) is 3.67. The Labute approximate surface area is 104 Å². The predicted molar refractivity (Wildman–Crippen MR) is 65.6 cm³/mol. The van der Waals surface area contributed by atoms with E-state index >= 15 is 0 Å². The van der Waals surface area contributed by atoms with Gasteiger partial charge in [0.25, 0.3) is 0 Å². The Morgan fingerprint density at radius 3 is 2.71 bits per heavy atom. The molecule has 4 heteroatoms. The molecule has 2 heterocycles. The topological polar surface area (TPSA) is 33.7 Å². The lowest BCUT2D eigenvalue weighted by atomic mass is 9.55. The number of nitrogens with one attached hydrogen (secondary N) is 1.